The molecule has 0 aromatic rings. The van der Waals surface area contributed by atoms with Crippen LogP contribution in [0, 0.1) is 0 Å². The van der Waals surface area contributed by atoms with E-state index in [1.807, 2.05) is 15.9 Å². The van der Waals surface area contributed by atoms with Gasteiger partial charge in [-0.15, -0.1) is 0 Å². The molecule has 0 fully saturated rings. The van der Waals surface area contributed by atoms with Gasteiger partial charge in [-0.05, 0) is 15.9 Å². The average molecular weight is 225 g/mol. The molecule has 0 bridgehead atoms. The Morgan fingerprint density at radius 3 is 1.60 bits per heavy atom. The Balaban J connectivity index is 4.22. The van der Waals surface area contributed by atoms with Crippen LogP contribution in [0.1, 0.15) is 0 Å². The van der Waals surface area contributed by atoms with Crippen molar-refractivity contribution in [1.82, 2.24) is 0 Å². The molecule has 6 heteroatoms. The van der Waals surface area contributed by atoms with E-state index in [1.54, 1.807) is 0 Å². The minimum Gasteiger partial charge on any atom is -0.235 e. The second kappa shape index (κ2) is 3.90. The molecular formula is C4H2BrF5. The average Bonchev–Trinajstić information content (AvgIpc) is 1.84. The molecule has 0 saturated carbocycles. The Labute approximate surface area is 61.8 Å². The quantitative estimate of drug-likeness (QED) is 0.633. The number of hydrogen-bond donors (Lipinski definition) is 0. The molecule has 0 heterocycles. The summed E-state index contributed by atoms with van der Waals surface area (Å²) in [7, 11) is 0. The van der Waals surface area contributed by atoms with Crippen LogP contribution in [0.3, 0.4) is 0 Å². The first-order valence-electron chi connectivity index (χ1n) is 2.09. The van der Waals surface area contributed by atoms with Gasteiger partial charge in [-0.3, -0.25) is 0 Å². The van der Waals surface area contributed by atoms with E-state index >= 15 is 0 Å². The predicted molar refractivity (Wildman–Crippen MR) is 29.1 cm³/mol. The zero-order valence-corrected chi connectivity index (χ0v) is 6.01. The molecule has 0 amide bonds. The van der Waals surface area contributed by atoms with Crippen LogP contribution in [0.5, 0.6) is 0 Å². The van der Waals surface area contributed by atoms with Gasteiger partial charge < -0.3 is 0 Å². The minimum absolute atomic E-state index is 1.39. The molecule has 0 rings (SSSR count). The van der Waals surface area contributed by atoms with Gasteiger partial charge in [0.15, 0.2) is 6.17 Å². The lowest BCUT2D eigenvalue weighted by molar-refractivity contribution is 0.0711. The largest absolute Gasteiger partial charge is 0.283 e. The van der Waals surface area contributed by atoms with E-state index in [0.717, 1.165) is 0 Å². The van der Waals surface area contributed by atoms with Crippen molar-refractivity contribution in [3.8, 4) is 0 Å². The molecule has 0 radical (unpaired) electrons. The molecule has 0 saturated heterocycles. The third-order valence-electron chi connectivity index (χ3n) is 0.644. The number of rotatable bonds is 2. The van der Waals surface area contributed by atoms with E-state index in [9.17, 15) is 22.0 Å². The summed E-state index contributed by atoms with van der Waals surface area (Å²) in [6.45, 7) is 0. The third kappa shape index (κ3) is 2.64. The maximum atomic E-state index is 11.8. The van der Waals surface area contributed by atoms with Crippen LogP contribution in [0.4, 0.5) is 22.0 Å². The van der Waals surface area contributed by atoms with Crippen molar-refractivity contribution in [2.45, 2.75) is 12.6 Å². The molecule has 0 aliphatic carbocycles. The van der Waals surface area contributed by atoms with E-state index in [-0.39, 0.29) is 0 Å². The second-order valence-corrected chi connectivity index (χ2v) is 2.20. The Hall–Kier alpha value is -0.130. The van der Waals surface area contributed by atoms with Crippen LogP contribution in [0.15, 0.2) is 10.6 Å². The molecular weight excluding hydrogens is 223 g/mol. The van der Waals surface area contributed by atoms with E-state index in [1.165, 1.54) is 0 Å². The Bertz CT molecular complexity index is 139. The Morgan fingerprint density at radius 1 is 1.10 bits per heavy atom. The molecule has 1 atom stereocenters. The Kier molecular flexibility index (Phi) is 3.85. The highest BCUT2D eigenvalue weighted by Crippen LogP contribution is 2.25. The van der Waals surface area contributed by atoms with Gasteiger partial charge in [-0.25, -0.2) is 13.2 Å². The lowest BCUT2D eigenvalue weighted by atomic mass is 10.4. The maximum Gasteiger partial charge on any atom is 0.283 e. The van der Waals surface area contributed by atoms with Crippen LogP contribution >= 0.6 is 15.9 Å². The normalized spacial score (nSPS) is 13.5. The highest BCUT2D eigenvalue weighted by molar-refractivity contribution is 9.11. The Morgan fingerprint density at radius 2 is 1.50 bits per heavy atom. The minimum atomic E-state index is -3.42. The van der Waals surface area contributed by atoms with Crippen molar-refractivity contribution >= 4 is 15.9 Å². The topological polar surface area (TPSA) is 0 Å². The van der Waals surface area contributed by atoms with Gasteiger partial charge in [0.05, 0.1) is 0 Å². The van der Waals surface area contributed by atoms with Gasteiger partial charge in [0, 0.05) is 0 Å². The predicted octanol–water partition coefficient (Wildman–Crippen LogP) is 3.09. The first kappa shape index (κ1) is 9.87. The summed E-state index contributed by atoms with van der Waals surface area (Å²) in [5, 5.41) is 0. The monoisotopic (exact) mass is 224 g/mol. The standard InChI is InChI=1S/C4H2BrF5/c5-1(3(7)8)2(6)4(9)10/h2,4H. The van der Waals surface area contributed by atoms with Crippen LogP contribution in [-0.2, 0) is 0 Å². The van der Waals surface area contributed by atoms with Crippen molar-refractivity contribution in [1.29, 1.82) is 0 Å². The molecule has 1 unspecified atom stereocenters. The molecule has 0 nitrogen and oxygen atoms in total. The van der Waals surface area contributed by atoms with E-state index in [0.29, 0.717) is 0 Å². The second-order valence-electron chi connectivity index (χ2n) is 1.34. The van der Waals surface area contributed by atoms with Gasteiger partial charge in [-0.1, -0.05) is 0 Å². The first-order chi connectivity index (χ1) is 4.46. The van der Waals surface area contributed by atoms with Crippen LogP contribution in [0.2, 0.25) is 0 Å². The van der Waals surface area contributed by atoms with Gasteiger partial charge in [0.2, 0.25) is 0 Å². The molecule has 0 spiro atoms. The van der Waals surface area contributed by atoms with Gasteiger partial charge in [0.1, 0.15) is 4.48 Å². The summed E-state index contributed by atoms with van der Waals surface area (Å²) in [6.07, 6.45) is -8.81. The first-order valence-corrected chi connectivity index (χ1v) is 2.89. The van der Waals surface area contributed by atoms with Crippen molar-refractivity contribution in [3.63, 3.8) is 0 Å². The van der Waals surface area contributed by atoms with Crippen molar-refractivity contribution in [3.05, 3.63) is 10.6 Å². The molecule has 0 aromatic heterocycles. The highest BCUT2D eigenvalue weighted by atomic mass is 79.9. The molecule has 60 valence electrons. The molecule has 0 aromatic carbocycles. The molecule has 0 aliphatic heterocycles. The van der Waals surface area contributed by atoms with Gasteiger partial charge in [-0.2, -0.15) is 8.78 Å². The summed E-state index contributed by atoms with van der Waals surface area (Å²) in [4.78, 5) is 0. The fraction of sp³-hybridized carbons (Fsp3) is 0.500. The van der Waals surface area contributed by atoms with E-state index in [4.69, 9.17) is 0 Å². The number of allylic oxidation sites excluding steroid dienone is 1. The fourth-order valence-electron chi connectivity index (χ4n) is 0.215. The molecule has 0 aliphatic rings. The number of halogens is 6. The third-order valence-corrected chi connectivity index (χ3v) is 1.38. The zero-order chi connectivity index (χ0) is 8.31. The SMILES string of the molecule is FC(F)=C(Br)C(F)C(F)F. The summed E-state index contributed by atoms with van der Waals surface area (Å²) in [5.74, 6) is 0. The summed E-state index contributed by atoms with van der Waals surface area (Å²) < 4.78 is 55.6. The van der Waals surface area contributed by atoms with Gasteiger partial charge >= 0.3 is 0 Å². The maximum absolute atomic E-state index is 11.8. The zero-order valence-electron chi connectivity index (χ0n) is 4.42. The highest BCUT2D eigenvalue weighted by Gasteiger charge is 2.25. The van der Waals surface area contributed by atoms with Crippen molar-refractivity contribution in [2.24, 2.45) is 0 Å². The fourth-order valence-corrected chi connectivity index (χ4v) is 0.415. The van der Waals surface area contributed by atoms with Crippen molar-refractivity contribution in [2.75, 3.05) is 0 Å². The van der Waals surface area contributed by atoms with Gasteiger partial charge in [0.25, 0.3) is 12.5 Å². The lowest BCUT2D eigenvalue weighted by Crippen LogP contribution is -2.12. The number of hydrogen-bond acceptors (Lipinski definition) is 0. The number of alkyl halides is 3. The molecule has 0 N–H and O–H groups in total. The summed E-state index contributed by atoms with van der Waals surface area (Å²) in [6, 6.07) is 0. The summed E-state index contributed by atoms with van der Waals surface area (Å²) in [5.41, 5.74) is 0. The smallest absolute Gasteiger partial charge is 0.235 e. The van der Waals surface area contributed by atoms with E-state index < -0.39 is 23.2 Å². The molecule has 10 heavy (non-hydrogen) atoms. The van der Waals surface area contributed by atoms with Crippen molar-refractivity contribution < 1.29 is 22.0 Å². The van der Waals surface area contributed by atoms with Crippen LogP contribution in [-0.4, -0.2) is 12.6 Å². The van der Waals surface area contributed by atoms with Crippen LogP contribution < -0.4 is 0 Å². The summed E-state index contributed by atoms with van der Waals surface area (Å²) >= 11 is 1.98. The van der Waals surface area contributed by atoms with Crippen LogP contribution in [0.25, 0.3) is 0 Å². The van der Waals surface area contributed by atoms with E-state index in [2.05, 4.69) is 0 Å². The lowest BCUT2D eigenvalue weighted by Gasteiger charge is -2.02.